The summed E-state index contributed by atoms with van der Waals surface area (Å²) in [4.78, 5) is 23.6. The van der Waals surface area contributed by atoms with Gasteiger partial charge in [-0.25, -0.2) is 0 Å². The van der Waals surface area contributed by atoms with Crippen molar-refractivity contribution in [3.63, 3.8) is 0 Å². The number of rotatable bonds is 10. The highest BCUT2D eigenvalue weighted by Crippen LogP contribution is 2.36. The number of aliphatic carboxylic acids is 1. The molecule has 2 aliphatic rings. The quantitative estimate of drug-likeness (QED) is 0.382. The van der Waals surface area contributed by atoms with Gasteiger partial charge in [-0.1, -0.05) is 31.4 Å². The first-order chi connectivity index (χ1) is 12.5. The topological polar surface area (TPSA) is 94.8 Å². The van der Waals surface area contributed by atoms with Crippen molar-refractivity contribution in [3.8, 4) is 0 Å². The molecule has 4 atom stereocenters. The maximum absolute atomic E-state index is 12.1. The molecule has 0 heterocycles. The van der Waals surface area contributed by atoms with Gasteiger partial charge < -0.3 is 15.3 Å². The molecule has 2 aliphatic carbocycles. The first kappa shape index (κ1) is 21.8. The highest BCUT2D eigenvalue weighted by molar-refractivity contribution is 8.01. The SMILES string of the molecule is O=C(O)C(SCCCS[C@H]1C(=O)CC(O)[C@@H]1C=CCO)C1CCCCC1. The number of hydrogen-bond acceptors (Lipinski definition) is 6. The Kier molecular flexibility index (Phi) is 9.53. The Morgan fingerprint density at radius 1 is 1.23 bits per heavy atom. The maximum Gasteiger partial charge on any atom is 0.316 e. The van der Waals surface area contributed by atoms with Crippen LogP contribution in [0.3, 0.4) is 0 Å². The van der Waals surface area contributed by atoms with Crippen LogP contribution in [-0.2, 0) is 9.59 Å². The zero-order valence-corrected chi connectivity index (χ0v) is 16.7. The summed E-state index contributed by atoms with van der Waals surface area (Å²) >= 11 is 3.09. The van der Waals surface area contributed by atoms with Crippen LogP contribution in [0, 0.1) is 11.8 Å². The van der Waals surface area contributed by atoms with Crippen molar-refractivity contribution in [2.75, 3.05) is 18.1 Å². The zero-order valence-electron chi connectivity index (χ0n) is 15.1. The van der Waals surface area contributed by atoms with E-state index in [1.54, 1.807) is 35.7 Å². The molecule has 2 fully saturated rings. The molecule has 3 N–H and O–H groups in total. The molecule has 0 amide bonds. The molecule has 2 unspecified atom stereocenters. The highest BCUT2D eigenvalue weighted by Gasteiger charge is 2.40. The van der Waals surface area contributed by atoms with Crippen LogP contribution in [0.25, 0.3) is 0 Å². The van der Waals surface area contributed by atoms with E-state index in [-0.39, 0.29) is 35.2 Å². The van der Waals surface area contributed by atoms with Crippen LogP contribution >= 0.6 is 23.5 Å². The number of hydrogen-bond donors (Lipinski definition) is 3. The molecule has 0 aliphatic heterocycles. The standard InChI is InChI=1S/C19H30O5S2/c20-9-4-8-14-15(21)12-16(22)18(14)26-11-5-10-25-17(19(23)24)13-6-2-1-3-7-13/h4,8,13-15,17-18,20-21H,1-3,5-7,9-12H2,(H,23,24)/t14-,15?,17?,18+/m0/s1. The van der Waals surface area contributed by atoms with Crippen molar-refractivity contribution in [1.29, 1.82) is 0 Å². The number of Topliss-reactive ketones (excluding diaryl/α,β-unsaturated/α-hetero) is 1. The monoisotopic (exact) mass is 402 g/mol. The van der Waals surface area contributed by atoms with Gasteiger partial charge in [0.15, 0.2) is 0 Å². The van der Waals surface area contributed by atoms with Crippen molar-refractivity contribution >= 4 is 35.3 Å². The van der Waals surface area contributed by atoms with Gasteiger partial charge in [0.1, 0.15) is 11.0 Å². The van der Waals surface area contributed by atoms with Crippen molar-refractivity contribution in [1.82, 2.24) is 0 Å². The maximum atomic E-state index is 12.1. The molecule has 0 aromatic heterocycles. The van der Waals surface area contributed by atoms with E-state index in [0.29, 0.717) is 5.92 Å². The Morgan fingerprint density at radius 3 is 2.62 bits per heavy atom. The van der Waals surface area contributed by atoms with Crippen LogP contribution in [0.1, 0.15) is 44.9 Å². The third-order valence-electron chi connectivity index (χ3n) is 5.19. The molecule has 26 heavy (non-hydrogen) atoms. The average molecular weight is 403 g/mol. The number of thioether (sulfide) groups is 2. The lowest BCUT2D eigenvalue weighted by Gasteiger charge is -2.27. The van der Waals surface area contributed by atoms with E-state index in [4.69, 9.17) is 5.11 Å². The summed E-state index contributed by atoms with van der Waals surface area (Å²) in [5.41, 5.74) is 0. The second kappa shape index (κ2) is 11.4. The number of carboxylic acids is 1. The smallest absolute Gasteiger partial charge is 0.316 e. The Bertz CT molecular complexity index is 490. The third-order valence-corrected chi connectivity index (χ3v) is 8.12. The fourth-order valence-corrected chi connectivity index (χ4v) is 6.63. The van der Waals surface area contributed by atoms with Gasteiger partial charge in [0.25, 0.3) is 0 Å². The molecule has 5 nitrogen and oxygen atoms in total. The van der Waals surface area contributed by atoms with E-state index in [2.05, 4.69) is 0 Å². The third kappa shape index (κ3) is 6.29. The minimum Gasteiger partial charge on any atom is -0.480 e. The van der Waals surface area contributed by atoms with Crippen LogP contribution in [-0.4, -0.2) is 61.8 Å². The van der Waals surface area contributed by atoms with E-state index in [1.165, 1.54) is 6.42 Å². The van der Waals surface area contributed by atoms with E-state index >= 15 is 0 Å². The Hall–Kier alpha value is -0.500. The predicted octanol–water partition coefficient (Wildman–Crippen LogP) is 2.74. The molecule has 0 saturated heterocycles. The number of aliphatic hydroxyl groups is 2. The molecule has 148 valence electrons. The zero-order chi connectivity index (χ0) is 18.9. The highest BCUT2D eigenvalue weighted by atomic mass is 32.2. The summed E-state index contributed by atoms with van der Waals surface area (Å²) in [5, 5.41) is 27.8. The van der Waals surface area contributed by atoms with Crippen molar-refractivity contribution < 1.29 is 24.9 Å². The van der Waals surface area contributed by atoms with Gasteiger partial charge in [-0.2, -0.15) is 0 Å². The lowest BCUT2D eigenvalue weighted by Crippen LogP contribution is -2.28. The van der Waals surface area contributed by atoms with Crippen LogP contribution in [0.15, 0.2) is 12.2 Å². The molecule has 0 aromatic rings. The Morgan fingerprint density at radius 2 is 1.96 bits per heavy atom. The van der Waals surface area contributed by atoms with E-state index in [9.17, 15) is 19.8 Å². The summed E-state index contributed by atoms with van der Waals surface area (Å²) < 4.78 is 0. The van der Waals surface area contributed by atoms with Crippen LogP contribution in [0.4, 0.5) is 0 Å². The normalized spacial score (nSPS) is 28.7. The van der Waals surface area contributed by atoms with Gasteiger partial charge in [-0.15, -0.1) is 23.5 Å². The summed E-state index contributed by atoms with van der Waals surface area (Å²) in [6.07, 6.45) is 9.22. The van der Waals surface area contributed by atoms with Crippen molar-refractivity contribution in [2.45, 2.75) is 61.5 Å². The summed E-state index contributed by atoms with van der Waals surface area (Å²) in [5.74, 6) is 0.975. The first-order valence-corrected chi connectivity index (χ1v) is 11.6. The molecule has 2 rings (SSSR count). The summed E-state index contributed by atoms with van der Waals surface area (Å²) in [6.45, 7) is -0.0941. The van der Waals surface area contributed by atoms with Crippen molar-refractivity contribution in [3.05, 3.63) is 12.2 Å². The van der Waals surface area contributed by atoms with Gasteiger partial charge in [0, 0.05) is 12.3 Å². The van der Waals surface area contributed by atoms with Gasteiger partial charge >= 0.3 is 5.97 Å². The van der Waals surface area contributed by atoms with E-state index < -0.39 is 12.1 Å². The van der Waals surface area contributed by atoms with Gasteiger partial charge in [0.05, 0.1) is 18.0 Å². The van der Waals surface area contributed by atoms with E-state index in [1.807, 2.05) is 0 Å². The van der Waals surface area contributed by atoms with Gasteiger partial charge in [-0.05, 0) is 36.7 Å². The van der Waals surface area contributed by atoms with Crippen LogP contribution in [0.2, 0.25) is 0 Å². The predicted molar refractivity (Wildman–Crippen MR) is 107 cm³/mol. The summed E-state index contributed by atoms with van der Waals surface area (Å²) in [6, 6.07) is 0. The molecular weight excluding hydrogens is 372 g/mol. The van der Waals surface area contributed by atoms with Crippen LogP contribution < -0.4 is 0 Å². The fourth-order valence-electron chi connectivity index (χ4n) is 3.85. The Labute approximate surface area is 164 Å². The molecular formula is C19H30O5S2. The number of carbonyl (C=O) groups is 2. The first-order valence-electron chi connectivity index (χ1n) is 9.49. The minimum atomic E-state index is -0.696. The van der Waals surface area contributed by atoms with Gasteiger partial charge in [0.2, 0.25) is 0 Å². The molecule has 0 aromatic carbocycles. The second-order valence-electron chi connectivity index (χ2n) is 7.10. The fraction of sp³-hybridized carbons (Fsp3) is 0.789. The van der Waals surface area contributed by atoms with Crippen LogP contribution in [0.5, 0.6) is 0 Å². The van der Waals surface area contributed by atoms with Crippen molar-refractivity contribution in [2.24, 2.45) is 11.8 Å². The molecule has 7 heteroatoms. The molecule has 2 saturated carbocycles. The Balaban J connectivity index is 1.73. The minimum absolute atomic E-state index is 0.0633. The molecule has 0 spiro atoms. The number of aliphatic hydroxyl groups excluding tert-OH is 2. The van der Waals surface area contributed by atoms with Gasteiger partial charge in [-0.3, -0.25) is 9.59 Å². The average Bonchev–Trinajstić information content (AvgIpc) is 2.89. The lowest BCUT2D eigenvalue weighted by molar-refractivity contribution is -0.137. The lowest BCUT2D eigenvalue weighted by atomic mass is 9.87. The van der Waals surface area contributed by atoms with E-state index in [0.717, 1.165) is 43.6 Å². The second-order valence-corrected chi connectivity index (χ2v) is 9.60. The molecule has 0 radical (unpaired) electrons. The molecule has 0 bridgehead atoms. The number of carboxylic acid groups (broad SMARTS) is 1. The number of carbonyl (C=O) groups excluding carboxylic acids is 1. The largest absolute Gasteiger partial charge is 0.480 e. The number of ketones is 1. The summed E-state index contributed by atoms with van der Waals surface area (Å²) in [7, 11) is 0.